The van der Waals surface area contributed by atoms with Crippen LogP contribution in [0.25, 0.3) is 0 Å². The Bertz CT molecular complexity index is 416. The number of anilines is 2. The number of pyridine rings is 1. The third kappa shape index (κ3) is 3.12. The second-order valence-electron chi connectivity index (χ2n) is 4.27. The van der Waals surface area contributed by atoms with Gasteiger partial charge in [0.05, 0.1) is 17.1 Å². The average Bonchev–Trinajstić information content (AvgIpc) is 2.35. The lowest BCUT2D eigenvalue weighted by Gasteiger charge is -2.20. The summed E-state index contributed by atoms with van der Waals surface area (Å²) in [5, 5.41) is 2.93. The molecule has 1 aromatic heterocycles. The van der Waals surface area contributed by atoms with Gasteiger partial charge in [-0.05, 0) is 37.1 Å². The fraction of sp³-hybridized carbons (Fsp3) is 0.500. The molecule has 0 saturated carbocycles. The Morgan fingerprint density at radius 3 is 3.06 bits per heavy atom. The number of carbonyl (C=O) groups excluding carboxylic acids is 1. The fourth-order valence-electron chi connectivity index (χ4n) is 1.79. The van der Waals surface area contributed by atoms with Crippen LogP contribution in [0.3, 0.4) is 0 Å². The highest BCUT2D eigenvalue weighted by molar-refractivity contribution is 8.00. The van der Waals surface area contributed by atoms with Crippen LogP contribution in [0.1, 0.15) is 24.8 Å². The molecule has 0 spiro atoms. The number of nitrogens with zero attached hydrogens (tertiary/aromatic N) is 1. The Morgan fingerprint density at radius 1 is 1.59 bits per heavy atom. The highest BCUT2D eigenvalue weighted by Crippen LogP contribution is 2.26. The number of rotatable bonds is 2. The third-order valence-electron chi connectivity index (χ3n) is 2.87. The van der Waals surface area contributed by atoms with E-state index in [1.165, 1.54) is 6.42 Å². The van der Waals surface area contributed by atoms with Crippen molar-refractivity contribution in [3.63, 3.8) is 0 Å². The average molecular weight is 251 g/mol. The molecule has 0 aromatic carbocycles. The van der Waals surface area contributed by atoms with E-state index in [2.05, 4.69) is 10.3 Å². The molecule has 2 heterocycles. The second kappa shape index (κ2) is 5.40. The lowest BCUT2D eigenvalue weighted by atomic mass is 10.2. The van der Waals surface area contributed by atoms with Crippen molar-refractivity contribution in [3.8, 4) is 0 Å². The molecule has 17 heavy (non-hydrogen) atoms. The van der Waals surface area contributed by atoms with E-state index in [1.54, 1.807) is 24.0 Å². The molecule has 3 N–H and O–H groups in total. The van der Waals surface area contributed by atoms with Crippen molar-refractivity contribution in [1.29, 1.82) is 0 Å². The minimum Gasteiger partial charge on any atom is -0.397 e. The summed E-state index contributed by atoms with van der Waals surface area (Å²) >= 11 is 1.73. The zero-order chi connectivity index (χ0) is 12.3. The van der Waals surface area contributed by atoms with Crippen LogP contribution in [0.5, 0.6) is 0 Å². The largest absolute Gasteiger partial charge is 0.397 e. The number of hydrogen-bond acceptors (Lipinski definition) is 4. The number of aryl methyl sites for hydroxylation is 1. The predicted octanol–water partition coefficient (Wildman–Crippen LogP) is 2.20. The molecule has 1 aliphatic rings. The maximum absolute atomic E-state index is 12.0. The van der Waals surface area contributed by atoms with Crippen LogP contribution in [0.4, 0.5) is 11.5 Å². The zero-order valence-electron chi connectivity index (χ0n) is 9.90. The highest BCUT2D eigenvalue weighted by Gasteiger charge is 2.21. The standard InChI is InChI=1S/C12H17N3OS/c1-8-6-11(14-7-9(8)13)15-12(16)10-4-2-3-5-17-10/h6-7,10H,2-5,13H2,1H3,(H,14,15,16). The van der Waals surface area contributed by atoms with Gasteiger partial charge in [-0.3, -0.25) is 4.79 Å². The minimum absolute atomic E-state index is 0.0615. The van der Waals surface area contributed by atoms with E-state index in [-0.39, 0.29) is 11.2 Å². The normalized spacial score (nSPS) is 19.9. The molecule has 1 unspecified atom stereocenters. The Hall–Kier alpha value is -1.23. The molecule has 1 atom stereocenters. The van der Waals surface area contributed by atoms with Gasteiger partial charge in [-0.25, -0.2) is 4.98 Å². The van der Waals surface area contributed by atoms with E-state index in [9.17, 15) is 4.79 Å². The lowest BCUT2D eigenvalue weighted by Crippen LogP contribution is -2.27. The van der Waals surface area contributed by atoms with Crippen molar-refractivity contribution in [2.24, 2.45) is 0 Å². The van der Waals surface area contributed by atoms with Gasteiger partial charge in [0.15, 0.2) is 0 Å². The molecule has 4 nitrogen and oxygen atoms in total. The van der Waals surface area contributed by atoms with Crippen molar-refractivity contribution in [1.82, 2.24) is 4.98 Å². The van der Waals surface area contributed by atoms with Crippen molar-refractivity contribution >= 4 is 29.2 Å². The first-order chi connectivity index (χ1) is 8.16. The first-order valence-corrected chi connectivity index (χ1v) is 6.86. The first-order valence-electron chi connectivity index (χ1n) is 5.81. The number of aromatic nitrogens is 1. The Morgan fingerprint density at radius 2 is 2.41 bits per heavy atom. The van der Waals surface area contributed by atoms with Crippen molar-refractivity contribution in [2.45, 2.75) is 31.4 Å². The van der Waals surface area contributed by atoms with Crippen LogP contribution >= 0.6 is 11.8 Å². The molecule has 92 valence electrons. The molecular weight excluding hydrogens is 234 g/mol. The van der Waals surface area contributed by atoms with Crippen LogP contribution in [-0.2, 0) is 4.79 Å². The van der Waals surface area contributed by atoms with E-state index in [0.29, 0.717) is 11.5 Å². The Balaban J connectivity index is 1.99. The Kier molecular flexibility index (Phi) is 3.89. The van der Waals surface area contributed by atoms with Gasteiger partial charge >= 0.3 is 0 Å². The quantitative estimate of drug-likeness (QED) is 0.845. The summed E-state index contributed by atoms with van der Waals surface area (Å²) in [4.78, 5) is 16.1. The molecule has 1 fully saturated rings. The number of nitrogens with one attached hydrogen (secondary N) is 1. The summed E-state index contributed by atoms with van der Waals surface area (Å²) in [6, 6.07) is 1.81. The molecule has 1 aromatic rings. The monoisotopic (exact) mass is 251 g/mol. The number of carbonyl (C=O) groups is 1. The number of nitrogen functional groups attached to an aromatic ring is 1. The number of nitrogens with two attached hydrogens (primary N) is 1. The molecule has 2 rings (SSSR count). The molecule has 1 aliphatic heterocycles. The van der Waals surface area contributed by atoms with Crippen LogP contribution in [0, 0.1) is 6.92 Å². The molecule has 0 radical (unpaired) electrons. The zero-order valence-corrected chi connectivity index (χ0v) is 10.7. The van der Waals surface area contributed by atoms with Gasteiger partial charge < -0.3 is 11.1 Å². The summed E-state index contributed by atoms with van der Waals surface area (Å²) in [6.07, 6.45) is 4.90. The SMILES string of the molecule is Cc1cc(NC(=O)C2CCCCS2)ncc1N. The summed E-state index contributed by atoms with van der Waals surface area (Å²) in [5.41, 5.74) is 7.27. The summed E-state index contributed by atoms with van der Waals surface area (Å²) < 4.78 is 0. The summed E-state index contributed by atoms with van der Waals surface area (Å²) in [5.74, 6) is 1.73. The maximum atomic E-state index is 12.0. The molecule has 5 heteroatoms. The van der Waals surface area contributed by atoms with Gasteiger partial charge in [0.25, 0.3) is 0 Å². The number of hydrogen-bond donors (Lipinski definition) is 2. The topological polar surface area (TPSA) is 68.0 Å². The van der Waals surface area contributed by atoms with Gasteiger partial charge in [0.2, 0.25) is 5.91 Å². The van der Waals surface area contributed by atoms with Crippen LogP contribution in [0.2, 0.25) is 0 Å². The first kappa shape index (κ1) is 12.2. The summed E-state index contributed by atoms with van der Waals surface area (Å²) in [6.45, 7) is 1.90. The second-order valence-corrected chi connectivity index (χ2v) is 5.58. The smallest absolute Gasteiger partial charge is 0.238 e. The van der Waals surface area contributed by atoms with Crippen LogP contribution < -0.4 is 11.1 Å². The highest BCUT2D eigenvalue weighted by atomic mass is 32.2. The van der Waals surface area contributed by atoms with Gasteiger partial charge in [0.1, 0.15) is 5.82 Å². The molecule has 0 bridgehead atoms. The third-order valence-corrected chi connectivity index (χ3v) is 4.25. The van der Waals surface area contributed by atoms with E-state index in [0.717, 1.165) is 24.2 Å². The van der Waals surface area contributed by atoms with E-state index >= 15 is 0 Å². The molecule has 0 aliphatic carbocycles. The van der Waals surface area contributed by atoms with Gasteiger partial charge in [-0.2, -0.15) is 0 Å². The van der Waals surface area contributed by atoms with E-state index in [4.69, 9.17) is 5.73 Å². The van der Waals surface area contributed by atoms with Crippen molar-refractivity contribution < 1.29 is 4.79 Å². The van der Waals surface area contributed by atoms with Gasteiger partial charge in [-0.1, -0.05) is 6.42 Å². The number of thioether (sulfide) groups is 1. The summed E-state index contributed by atoms with van der Waals surface area (Å²) in [7, 11) is 0. The van der Waals surface area contributed by atoms with Crippen molar-refractivity contribution in [2.75, 3.05) is 16.8 Å². The number of amides is 1. The Labute approximate surface area is 105 Å². The van der Waals surface area contributed by atoms with Crippen molar-refractivity contribution in [3.05, 3.63) is 17.8 Å². The van der Waals surface area contributed by atoms with Gasteiger partial charge in [-0.15, -0.1) is 11.8 Å². The van der Waals surface area contributed by atoms with E-state index < -0.39 is 0 Å². The minimum atomic E-state index is 0.0615. The van der Waals surface area contributed by atoms with E-state index in [1.807, 2.05) is 6.92 Å². The van der Waals surface area contributed by atoms with Crippen LogP contribution in [-0.4, -0.2) is 21.9 Å². The molecule has 1 saturated heterocycles. The molecular formula is C12H17N3OS. The lowest BCUT2D eigenvalue weighted by molar-refractivity contribution is -0.115. The molecule has 1 amide bonds. The predicted molar refractivity (Wildman–Crippen MR) is 72.1 cm³/mol. The maximum Gasteiger partial charge on any atom is 0.238 e. The van der Waals surface area contributed by atoms with Gasteiger partial charge in [0, 0.05) is 0 Å². The van der Waals surface area contributed by atoms with Crippen LogP contribution in [0.15, 0.2) is 12.3 Å². The fourth-order valence-corrected chi connectivity index (χ4v) is 2.99.